The zero-order valence-electron chi connectivity index (χ0n) is 38.9. The summed E-state index contributed by atoms with van der Waals surface area (Å²) < 4.78 is 16.7. The number of carbonyl (C=O) groups is 3. The average molecular weight is 835 g/mol. The molecule has 0 N–H and O–H groups in total. The summed E-state index contributed by atoms with van der Waals surface area (Å²) >= 11 is 0. The van der Waals surface area contributed by atoms with Crippen LogP contribution in [-0.4, -0.2) is 37.2 Å². The van der Waals surface area contributed by atoms with Gasteiger partial charge in [0, 0.05) is 19.3 Å². The molecule has 0 fully saturated rings. The van der Waals surface area contributed by atoms with Crippen LogP contribution in [0, 0.1) is 0 Å². The molecule has 1 unspecified atom stereocenters. The Bertz CT molecular complexity index is 1190. The first-order valence-electron chi connectivity index (χ1n) is 24.6. The Labute approximate surface area is 369 Å². The second-order valence-corrected chi connectivity index (χ2v) is 16.0. The van der Waals surface area contributed by atoms with Gasteiger partial charge in [-0.1, -0.05) is 196 Å². The lowest BCUT2D eigenvalue weighted by Gasteiger charge is -2.18. The molecule has 0 aliphatic carbocycles. The predicted octanol–water partition coefficient (Wildman–Crippen LogP) is 16.0. The molecule has 6 heteroatoms. The van der Waals surface area contributed by atoms with Gasteiger partial charge < -0.3 is 14.2 Å². The van der Waals surface area contributed by atoms with Crippen molar-refractivity contribution in [2.75, 3.05) is 13.2 Å². The third-order valence-corrected chi connectivity index (χ3v) is 10.1. The maximum absolute atomic E-state index is 12.7. The highest BCUT2D eigenvalue weighted by Gasteiger charge is 2.19. The minimum absolute atomic E-state index is 0.105. The fraction of sp³-hybridized carbons (Fsp3) is 0.685. The summed E-state index contributed by atoms with van der Waals surface area (Å²) in [7, 11) is 0. The first kappa shape index (κ1) is 56.6. The van der Waals surface area contributed by atoms with Crippen molar-refractivity contribution in [2.45, 2.75) is 226 Å². The van der Waals surface area contributed by atoms with Gasteiger partial charge in [-0.3, -0.25) is 14.4 Å². The van der Waals surface area contributed by atoms with Crippen LogP contribution < -0.4 is 0 Å². The molecule has 0 saturated heterocycles. The Morgan fingerprint density at radius 1 is 0.350 bits per heavy atom. The third-order valence-electron chi connectivity index (χ3n) is 10.1. The molecule has 0 aliphatic rings. The van der Waals surface area contributed by atoms with Crippen molar-refractivity contribution in [1.82, 2.24) is 0 Å². The quantitative estimate of drug-likeness (QED) is 0.0263. The van der Waals surface area contributed by atoms with Crippen LogP contribution >= 0.6 is 0 Å². The molecule has 0 spiro atoms. The predicted molar refractivity (Wildman–Crippen MR) is 256 cm³/mol. The fourth-order valence-corrected chi connectivity index (χ4v) is 6.45. The SMILES string of the molecule is CC/C=C\C/C=C\C/C=C\C/C=C\CCCCCC(=O)OC(COC(=O)CCC/C=C\C/C=C\C/C=C\CCCCCCCC)COC(=O)CCCCCCCCCCC. The zero-order chi connectivity index (χ0) is 43.7. The van der Waals surface area contributed by atoms with Gasteiger partial charge in [-0.15, -0.1) is 0 Å². The van der Waals surface area contributed by atoms with Crippen molar-refractivity contribution < 1.29 is 28.6 Å². The largest absolute Gasteiger partial charge is 0.462 e. The molecular weight excluding hydrogens is 745 g/mol. The summed E-state index contributed by atoms with van der Waals surface area (Å²) in [6, 6.07) is 0. The van der Waals surface area contributed by atoms with E-state index in [-0.39, 0.29) is 44.0 Å². The van der Waals surface area contributed by atoms with Crippen molar-refractivity contribution in [1.29, 1.82) is 0 Å². The van der Waals surface area contributed by atoms with Gasteiger partial charge in [-0.2, -0.15) is 0 Å². The van der Waals surface area contributed by atoms with Crippen LogP contribution in [0.5, 0.6) is 0 Å². The normalized spacial score (nSPS) is 12.8. The molecule has 0 amide bonds. The van der Waals surface area contributed by atoms with Gasteiger partial charge in [-0.25, -0.2) is 0 Å². The lowest BCUT2D eigenvalue weighted by molar-refractivity contribution is -0.167. The molecule has 0 aromatic carbocycles. The summed E-state index contributed by atoms with van der Waals surface area (Å²) in [4.78, 5) is 37.8. The summed E-state index contributed by atoms with van der Waals surface area (Å²) in [5.74, 6) is -0.998. The van der Waals surface area contributed by atoms with Crippen LogP contribution in [0.1, 0.15) is 220 Å². The van der Waals surface area contributed by atoms with E-state index < -0.39 is 6.10 Å². The fourth-order valence-electron chi connectivity index (χ4n) is 6.45. The highest BCUT2D eigenvalue weighted by molar-refractivity contribution is 5.71. The molecule has 0 aromatic rings. The number of ether oxygens (including phenoxy) is 3. The van der Waals surface area contributed by atoms with E-state index in [1.54, 1.807) is 0 Å². The Balaban J connectivity index is 4.49. The van der Waals surface area contributed by atoms with Crippen LogP contribution in [0.3, 0.4) is 0 Å². The van der Waals surface area contributed by atoms with Crippen LogP contribution in [-0.2, 0) is 28.6 Å². The third kappa shape index (κ3) is 45.7. The lowest BCUT2D eigenvalue weighted by Crippen LogP contribution is -2.30. The van der Waals surface area contributed by atoms with E-state index in [4.69, 9.17) is 14.2 Å². The smallest absolute Gasteiger partial charge is 0.306 e. The maximum atomic E-state index is 12.7. The van der Waals surface area contributed by atoms with Gasteiger partial charge in [0.2, 0.25) is 0 Å². The number of esters is 3. The van der Waals surface area contributed by atoms with E-state index in [2.05, 4.69) is 106 Å². The zero-order valence-corrected chi connectivity index (χ0v) is 38.9. The minimum Gasteiger partial charge on any atom is -0.462 e. The molecular formula is C54H90O6. The van der Waals surface area contributed by atoms with E-state index >= 15 is 0 Å². The number of unbranched alkanes of at least 4 members (excludes halogenated alkanes) is 18. The number of allylic oxidation sites excluding steroid dienone is 14. The number of hydrogen-bond donors (Lipinski definition) is 0. The topological polar surface area (TPSA) is 78.9 Å². The monoisotopic (exact) mass is 835 g/mol. The Hall–Kier alpha value is -3.41. The molecule has 1 atom stereocenters. The van der Waals surface area contributed by atoms with E-state index in [9.17, 15) is 14.4 Å². The molecule has 0 heterocycles. The van der Waals surface area contributed by atoms with Gasteiger partial charge in [0.15, 0.2) is 6.10 Å². The molecule has 0 saturated carbocycles. The summed E-state index contributed by atoms with van der Waals surface area (Å²) in [6.07, 6.45) is 61.5. The average Bonchev–Trinajstić information content (AvgIpc) is 3.24. The summed E-state index contributed by atoms with van der Waals surface area (Å²) in [6.45, 7) is 6.41. The highest BCUT2D eigenvalue weighted by atomic mass is 16.6. The Morgan fingerprint density at radius 3 is 1.10 bits per heavy atom. The number of hydrogen-bond acceptors (Lipinski definition) is 6. The van der Waals surface area contributed by atoms with Crippen molar-refractivity contribution in [3.05, 3.63) is 85.1 Å². The van der Waals surface area contributed by atoms with E-state index in [0.29, 0.717) is 12.8 Å². The molecule has 0 rings (SSSR count). The Kier molecular flexibility index (Phi) is 45.5. The van der Waals surface area contributed by atoms with Crippen LogP contribution in [0.15, 0.2) is 85.1 Å². The van der Waals surface area contributed by atoms with Crippen molar-refractivity contribution >= 4 is 17.9 Å². The molecule has 0 aliphatic heterocycles. The highest BCUT2D eigenvalue weighted by Crippen LogP contribution is 2.13. The standard InChI is InChI=1S/C54H90O6/c1-4-7-10-13-16-19-21-23-25-27-29-30-32-35-38-41-44-47-53(56)59-50-51(49-58-52(55)46-43-40-37-34-18-15-12-9-6-3)60-54(57)48-45-42-39-36-33-31-28-26-24-22-20-17-14-11-8-5-2/h8,11,17,20,23-26,29-31,33,35,38,51H,4-7,9-10,12-16,18-19,21-22,27-28,32,34,36-37,39-50H2,1-3H3/b11-8-,20-17-,25-23-,26-24-,30-29-,33-31-,38-35-. The maximum Gasteiger partial charge on any atom is 0.306 e. The van der Waals surface area contributed by atoms with Gasteiger partial charge in [0.25, 0.3) is 0 Å². The minimum atomic E-state index is -0.810. The van der Waals surface area contributed by atoms with Crippen LogP contribution in [0.2, 0.25) is 0 Å². The molecule has 0 radical (unpaired) electrons. The van der Waals surface area contributed by atoms with Gasteiger partial charge in [-0.05, 0) is 89.9 Å². The molecule has 0 aromatic heterocycles. The van der Waals surface area contributed by atoms with Crippen molar-refractivity contribution in [3.8, 4) is 0 Å². The van der Waals surface area contributed by atoms with Gasteiger partial charge in [0.1, 0.15) is 13.2 Å². The van der Waals surface area contributed by atoms with Crippen LogP contribution in [0.25, 0.3) is 0 Å². The lowest BCUT2D eigenvalue weighted by atomic mass is 10.1. The van der Waals surface area contributed by atoms with E-state index in [1.165, 1.54) is 83.5 Å². The second-order valence-electron chi connectivity index (χ2n) is 16.0. The van der Waals surface area contributed by atoms with Crippen molar-refractivity contribution in [2.24, 2.45) is 0 Å². The van der Waals surface area contributed by atoms with Gasteiger partial charge >= 0.3 is 17.9 Å². The number of rotatable bonds is 43. The molecule has 0 bridgehead atoms. The van der Waals surface area contributed by atoms with E-state index in [1.807, 2.05) is 0 Å². The van der Waals surface area contributed by atoms with Crippen molar-refractivity contribution in [3.63, 3.8) is 0 Å². The Morgan fingerprint density at radius 2 is 0.667 bits per heavy atom. The molecule has 6 nitrogen and oxygen atoms in total. The number of carbonyl (C=O) groups excluding carboxylic acids is 3. The molecule has 342 valence electrons. The molecule has 60 heavy (non-hydrogen) atoms. The first-order valence-corrected chi connectivity index (χ1v) is 24.6. The first-order chi connectivity index (χ1) is 29.5. The summed E-state index contributed by atoms with van der Waals surface area (Å²) in [5, 5.41) is 0. The summed E-state index contributed by atoms with van der Waals surface area (Å²) in [5.41, 5.74) is 0. The van der Waals surface area contributed by atoms with E-state index in [0.717, 1.165) is 89.9 Å². The van der Waals surface area contributed by atoms with Gasteiger partial charge in [0.05, 0.1) is 0 Å². The van der Waals surface area contributed by atoms with Crippen LogP contribution in [0.4, 0.5) is 0 Å². The second kappa shape index (κ2) is 48.3.